The number of nitro groups is 1. The van der Waals surface area contributed by atoms with Crippen LogP contribution in [0.3, 0.4) is 0 Å². The molecule has 0 aliphatic heterocycles. The molecule has 0 aliphatic rings. The van der Waals surface area contributed by atoms with E-state index in [9.17, 15) is 14.9 Å². The lowest BCUT2D eigenvalue weighted by molar-refractivity contribution is -0.385. The Kier molecular flexibility index (Phi) is 4.96. The summed E-state index contributed by atoms with van der Waals surface area (Å²) < 4.78 is 6.18. The van der Waals surface area contributed by atoms with Crippen LogP contribution in [0.2, 0.25) is 0 Å². The number of aromatic amines is 1. The summed E-state index contributed by atoms with van der Waals surface area (Å²) in [6.45, 7) is 3.56. The highest BCUT2D eigenvalue weighted by molar-refractivity contribution is 7.71. The number of benzene rings is 1. The van der Waals surface area contributed by atoms with Gasteiger partial charge in [0.1, 0.15) is 5.69 Å². The first-order valence-corrected chi connectivity index (χ1v) is 6.98. The highest BCUT2D eigenvalue weighted by Gasteiger charge is 2.15. The molecule has 0 saturated carbocycles. The Labute approximate surface area is 135 Å². The summed E-state index contributed by atoms with van der Waals surface area (Å²) in [4.78, 5) is 22.4. The van der Waals surface area contributed by atoms with E-state index in [4.69, 9.17) is 17.0 Å². The zero-order valence-corrected chi connectivity index (χ0v) is 13.2. The van der Waals surface area contributed by atoms with Crippen molar-refractivity contribution in [1.29, 1.82) is 0 Å². The van der Waals surface area contributed by atoms with Crippen molar-refractivity contribution in [3.05, 3.63) is 54.7 Å². The maximum atomic E-state index is 11.9. The molecule has 0 spiro atoms. The van der Waals surface area contributed by atoms with Crippen LogP contribution < -0.4 is 10.3 Å². The first-order valence-electron chi connectivity index (χ1n) is 6.58. The number of nitrogens with one attached hydrogen (secondary N) is 1. The third-order valence-corrected chi connectivity index (χ3v) is 3.08. The molecule has 1 aromatic heterocycles. The average Bonchev–Trinajstić information content (AvgIpc) is 2.52. The number of aromatic nitrogens is 3. The van der Waals surface area contributed by atoms with Gasteiger partial charge in [-0.05, 0) is 38.2 Å². The second-order valence-corrected chi connectivity index (χ2v) is 4.78. The van der Waals surface area contributed by atoms with Gasteiger partial charge < -0.3 is 4.74 Å². The predicted octanol–water partition coefficient (Wildman–Crippen LogP) is 1.80. The van der Waals surface area contributed by atoms with E-state index in [0.29, 0.717) is 12.2 Å². The Balaban J connectivity index is 2.43. The van der Waals surface area contributed by atoms with Crippen LogP contribution in [-0.2, 0) is 0 Å². The largest absolute Gasteiger partial charge is 0.487 e. The van der Waals surface area contributed by atoms with Crippen molar-refractivity contribution >= 4 is 24.1 Å². The van der Waals surface area contributed by atoms with Gasteiger partial charge in [0.25, 0.3) is 5.56 Å². The summed E-state index contributed by atoms with van der Waals surface area (Å²) in [6.07, 6.45) is 1.30. The lowest BCUT2D eigenvalue weighted by atomic mass is 10.2. The number of hydrogen-bond acceptors (Lipinski definition) is 7. The minimum atomic E-state index is -0.544. The third kappa shape index (κ3) is 3.66. The number of nitro benzene ring substituents is 1. The molecule has 120 valence electrons. The normalized spacial score (nSPS) is 10.9. The highest BCUT2D eigenvalue weighted by Crippen LogP contribution is 2.27. The highest BCUT2D eigenvalue weighted by atomic mass is 32.1. The average molecular weight is 335 g/mol. The molecule has 1 aromatic carbocycles. The monoisotopic (exact) mass is 335 g/mol. The van der Waals surface area contributed by atoms with E-state index in [1.165, 1.54) is 25.3 Å². The fourth-order valence-electron chi connectivity index (χ4n) is 1.74. The molecule has 0 amide bonds. The van der Waals surface area contributed by atoms with Gasteiger partial charge >= 0.3 is 5.69 Å². The van der Waals surface area contributed by atoms with Crippen LogP contribution in [0.4, 0.5) is 5.69 Å². The van der Waals surface area contributed by atoms with Gasteiger partial charge in [0.2, 0.25) is 4.77 Å². The van der Waals surface area contributed by atoms with Crippen LogP contribution in [-0.4, -0.2) is 32.6 Å². The Bertz CT molecular complexity index is 887. The molecule has 0 saturated heterocycles. The van der Waals surface area contributed by atoms with Crippen molar-refractivity contribution in [3.8, 4) is 5.75 Å². The molecule has 0 radical (unpaired) electrons. The lowest BCUT2D eigenvalue weighted by Gasteiger charge is -2.04. The predicted molar refractivity (Wildman–Crippen MR) is 85.7 cm³/mol. The van der Waals surface area contributed by atoms with E-state index in [1.54, 1.807) is 13.0 Å². The van der Waals surface area contributed by atoms with Crippen molar-refractivity contribution < 1.29 is 9.66 Å². The molecule has 1 N–H and O–H groups in total. The Morgan fingerprint density at radius 1 is 1.57 bits per heavy atom. The summed E-state index contributed by atoms with van der Waals surface area (Å²) in [5.41, 5.74) is -0.0194. The number of nitrogens with zero attached hydrogens (tertiary/aromatic N) is 4. The molecule has 2 aromatic rings. The first-order chi connectivity index (χ1) is 10.9. The molecule has 23 heavy (non-hydrogen) atoms. The summed E-state index contributed by atoms with van der Waals surface area (Å²) in [5, 5.41) is 21.2. The zero-order chi connectivity index (χ0) is 17.0. The van der Waals surface area contributed by atoms with Crippen molar-refractivity contribution in [2.45, 2.75) is 13.8 Å². The molecule has 10 heteroatoms. The van der Waals surface area contributed by atoms with Gasteiger partial charge in [-0.1, -0.05) is 0 Å². The van der Waals surface area contributed by atoms with Gasteiger partial charge in [0.05, 0.1) is 17.7 Å². The number of rotatable bonds is 5. The summed E-state index contributed by atoms with van der Waals surface area (Å²) >= 11 is 4.94. The van der Waals surface area contributed by atoms with Crippen molar-refractivity contribution in [3.63, 3.8) is 0 Å². The van der Waals surface area contributed by atoms with E-state index >= 15 is 0 Å². The molecule has 0 bridgehead atoms. The fraction of sp³-hybridized carbons (Fsp3) is 0.231. The van der Waals surface area contributed by atoms with E-state index in [0.717, 1.165) is 4.68 Å². The minimum absolute atomic E-state index is 0.0253. The first kappa shape index (κ1) is 16.5. The van der Waals surface area contributed by atoms with Gasteiger partial charge in [-0.2, -0.15) is 14.9 Å². The SMILES string of the molecule is CCOc1ccc(/C=N\n2c(=S)[nH]nc(C)c2=O)cc1[N+](=O)[O-]. The minimum Gasteiger partial charge on any atom is -0.487 e. The van der Waals surface area contributed by atoms with E-state index in [-0.39, 0.29) is 21.9 Å². The maximum Gasteiger partial charge on any atom is 0.311 e. The molecular weight excluding hydrogens is 322 g/mol. The van der Waals surface area contributed by atoms with Gasteiger partial charge in [-0.3, -0.25) is 20.0 Å². The van der Waals surface area contributed by atoms with Crippen LogP contribution in [0.25, 0.3) is 0 Å². The topological polar surface area (TPSA) is 115 Å². The van der Waals surface area contributed by atoms with Gasteiger partial charge in [0, 0.05) is 11.6 Å². The van der Waals surface area contributed by atoms with Crippen molar-refractivity contribution in [2.24, 2.45) is 5.10 Å². The van der Waals surface area contributed by atoms with Gasteiger partial charge in [-0.15, -0.1) is 0 Å². The number of ether oxygens (including phenoxy) is 1. The van der Waals surface area contributed by atoms with E-state index in [1.807, 2.05) is 0 Å². The summed E-state index contributed by atoms with van der Waals surface area (Å²) in [7, 11) is 0. The van der Waals surface area contributed by atoms with Crippen molar-refractivity contribution in [2.75, 3.05) is 6.61 Å². The number of aryl methyl sites for hydroxylation is 1. The summed E-state index contributed by atoms with van der Waals surface area (Å²) in [5.74, 6) is 0.170. The van der Waals surface area contributed by atoms with Crippen LogP contribution in [0, 0.1) is 21.8 Å². The quantitative estimate of drug-likeness (QED) is 0.385. The molecule has 0 unspecified atom stereocenters. The zero-order valence-electron chi connectivity index (χ0n) is 12.3. The second kappa shape index (κ2) is 6.92. The van der Waals surface area contributed by atoms with Crippen molar-refractivity contribution in [1.82, 2.24) is 14.9 Å². The van der Waals surface area contributed by atoms with Crippen LogP contribution in [0.15, 0.2) is 28.1 Å². The smallest absolute Gasteiger partial charge is 0.311 e. The molecule has 1 heterocycles. The molecule has 2 rings (SSSR count). The molecule has 9 nitrogen and oxygen atoms in total. The van der Waals surface area contributed by atoms with Gasteiger partial charge in [0.15, 0.2) is 5.75 Å². The number of hydrogen-bond donors (Lipinski definition) is 1. The maximum absolute atomic E-state index is 11.9. The van der Waals surface area contributed by atoms with Crippen LogP contribution in [0.1, 0.15) is 18.2 Å². The molecular formula is C13H13N5O4S. The Morgan fingerprint density at radius 3 is 2.96 bits per heavy atom. The lowest BCUT2D eigenvalue weighted by Crippen LogP contribution is -2.22. The standard InChI is InChI=1S/C13H13N5O4S/c1-3-22-11-5-4-9(6-10(11)18(20)21)7-14-17-12(19)8(2)15-16-13(17)23/h4-7H,3H2,1-2H3,(H,16,23)/b14-7-. The van der Waals surface area contributed by atoms with E-state index in [2.05, 4.69) is 15.3 Å². The number of H-pyrrole nitrogens is 1. The summed E-state index contributed by atoms with van der Waals surface area (Å²) in [6, 6.07) is 4.37. The fourth-order valence-corrected chi connectivity index (χ4v) is 1.91. The molecule has 0 fully saturated rings. The Hall–Kier alpha value is -2.88. The molecule has 0 aliphatic carbocycles. The Morgan fingerprint density at radius 2 is 2.30 bits per heavy atom. The van der Waals surface area contributed by atoms with Crippen LogP contribution in [0.5, 0.6) is 5.75 Å². The van der Waals surface area contributed by atoms with Gasteiger partial charge in [-0.25, -0.2) is 0 Å². The van der Waals surface area contributed by atoms with Crippen LogP contribution >= 0.6 is 12.2 Å². The van der Waals surface area contributed by atoms with E-state index < -0.39 is 10.5 Å². The second-order valence-electron chi connectivity index (χ2n) is 4.39. The third-order valence-electron chi connectivity index (χ3n) is 2.82. The molecule has 0 atom stereocenters.